The van der Waals surface area contributed by atoms with Crippen LogP contribution in [0.5, 0.6) is 5.75 Å². The van der Waals surface area contributed by atoms with E-state index in [0.29, 0.717) is 28.8 Å². The molecule has 0 fully saturated rings. The molecule has 8 heteroatoms. The summed E-state index contributed by atoms with van der Waals surface area (Å²) in [5, 5.41) is 17.8. The van der Waals surface area contributed by atoms with Crippen molar-refractivity contribution in [3.63, 3.8) is 0 Å². The average Bonchev–Trinajstić information content (AvgIpc) is 3.23. The van der Waals surface area contributed by atoms with Crippen LogP contribution in [-0.2, 0) is 6.54 Å². The molecule has 4 aromatic heterocycles. The number of nitrogens with one attached hydrogen (secondary N) is 1. The molecule has 0 aliphatic heterocycles. The molecule has 5 aromatic rings. The van der Waals surface area contributed by atoms with E-state index in [1.807, 2.05) is 42.5 Å². The number of rotatable bonds is 5. The smallest absolute Gasteiger partial charge is 0.257 e. The summed E-state index contributed by atoms with van der Waals surface area (Å²) in [7, 11) is 0. The molecule has 0 aliphatic carbocycles. The van der Waals surface area contributed by atoms with Gasteiger partial charge in [0.2, 0.25) is 0 Å². The van der Waals surface area contributed by atoms with E-state index in [9.17, 15) is 9.90 Å². The van der Waals surface area contributed by atoms with E-state index < -0.39 is 5.91 Å². The van der Waals surface area contributed by atoms with Gasteiger partial charge in [-0.25, -0.2) is 14.6 Å². The van der Waals surface area contributed by atoms with Crippen molar-refractivity contribution in [3.05, 3.63) is 96.6 Å². The maximum Gasteiger partial charge on any atom is 0.257 e. The molecular weight excluding hydrogens is 404 g/mol. The van der Waals surface area contributed by atoms with E-state index in [4.69, 9.17) is 4.98 Å². The van der Waals surface area contributed by atoms with Crippen LogP contribution in [0.15, 0.2) is 85.5 Å². The zero-order valence-corrected chi connectivity index (χ0v) is 16.9. The predicted molar refractivity (Wildman–Crippen MR) is 120 cm³/mol. The second-order valence-electron chi connectivity index (χ2n) is 7.14. The minimum absolute atomic E-state index is 0.0906. The van der Waals surface area contributed by atoms with Crippen LogP contribution in [0.4, 0.5) is 5.82 Å². The SMILES string of the molecule is O=C(Nc1ncccc1O)c1cc(-c2ccccc2)nc2c1cnn2Cc1ccncc1. The van der Waals surface area contributed by atoms with Crippen molar-refractivity contribution in [3.8, 4) is 17.0 Å². The number of aromatic hydroxyl groups is 1. The number of carbonyl (C=O) groups excluding carboxylic acids is 1. The van der Waals surface area contributed by atoms with E-state index in [0.717, 1.165) is 11.1 Å². The lowest BCUT2D eigenvalue weighted by molar-refractivity contribution is 0.102. The van der Waals surface area contributed by atoms with Gasteiger partial charge in [-0.15, -0.1) is 0 Å². The minimum Gasteiger partial charge on any atom is -0.504 e. The molecule has 1 amide bonds. The number of aromatic nitrogens is 5. The van der Waals surface area contributed by atoms with Crippen LogP contribution in [0.2, 0.25) is 0 Å². The van der Waals surface area contributed by atoms with Crippen LogP contribution < -0.4 is 5.32 Å². The summed E-state index contributed by atoms with van der Waals surface area (Å²) >= 11 is 0. The Hall–Kier alpha value is -4.59. The molecule has 0 unspecified atom stereocenters. The number of carbonyl (C=O) groups is 1. The summed E-state index contributed by atoms with van der Waals surface area (Å²) < 4.78 is 1.76. The molecule has 8 nitrogen and oxygen atoms in total. The molecule has 0 radical (unpaired) electrons. The molecule has 5 rings (SSSR count). The maximum atomic E-state index is 13.2. The van der Waals surface area contributed by atoms with Crippen LogP contribution >= 0.6 is 0 Å². The Morgan fingerprint density at radius 2 is 1.81 bits per heavy atom. The second-order valence-corrected chi connectivity index (χ2v) is 7.14. The van der Waals surface area contributed by atoms with Crippen LogP contribution in [0, 0.1) is 0 Å². The Morgan fingerprint density at radius 1 is 1.00 bits per heavy atom. The number of benzene rings is 1. The van der Waals surface area contributed by atoms with Crippen molar-refractivity contribution in [2.45, 2.75) is 6.54 Å². The van der Waals surface area contributed by atoms with Gasteiger partial charge in [-0.05, 0) is 35.9 Å². The fourth-order valence-electron chi connectivity index (χ4n) is 3.44. The van der Waals surface area contributed by atoms with Gasteiger partial charge in [0.1, 0.15) is 0 Å². The Labute approximate surface area is 183 Å². The number of pyridine rings is 3. The summed E-state index contributed by atoms with van der Waals surface area (Å²) in [5.74, 6) is -0.428. The molecule has 0 aliphatic rings. The van der Waals surface area contributed by atoms with E-state index in [2.05, 4.69) is 20.4 Å². The molecular formula is C24H18N6O2. The summed E-state index contributed by atoms with van der Waals surface area (Å²) in [5.41, 5.74) is 3.51. The first-order valence-electron chi connectivity index (χ1n) is 9.95. The highest BCUT2D eigenvalue weighted by Gasteiger charge is 2.19. The first kappa shape index (κ1) is 19.4. The van der Waals surface area contributed by atoms with Crippen LogP contribution in [0.25, 0.3) is 22.3 Å². The summed E-state index contributed by atoms with van der Waals surface area (Å²) in [6.07, 6.45) is 6.58. The molecule has 156 valence electrons. The molecule has 2 N–H and O–H groups in total. The largest absolute Gasteiger partial charge is 0.504 e. The van der Waals surface area contributed by atoms with Crippen molar-refractivity contribution in [2.75, 3.05) is 5.32 Å². The summed E-state index contributed by atoms with van der Waals surface area (Å²) in [4.78, 5) is 26.1. The number of anilines is 1. The number of hydrogen-bond donors (Lipinski definition) is 2. The van der Waals surface area contributed by atoms with Gasteiger partial charge in [-0.3, -0.25) is 9.78 Å². The van der Waals surface area contributed by atoms with Gasteiger partial charge in [0.15, 0.2) is 17.2 Å². The molecule has 0 atom stereocenters. The Bertz CT molecular complexity index is 1400. The van der Waals surface area contributed by atoms with Crippen molar-refractivity contribution >= 4 is 22.8 Å². The number of hydrogen-bond acceptors (Lipinski definition) is 6. The Morgan fingerprint density at radius 3 is 2.59 bits per heavy atom. The quantitative estimate of drug-likeness (QED) is 0.445. The Balaban J connectivity index is 1.62. The van der Waals surface area contributed by atoms with Gasteiger partial charge in [0.25, 0.3) is 5.91 Å². The van der Waals surface area contributed by atoms with E-state index >= 15 is 0 Å². The monoisotopic (exact) mass is 422 g/mol. The van der Waals surface area contributed by atoms with Crippen molar-refractivity contribution in [1.82, 2.24) is 24.7 Å². The normalized spacial score (nSPS) is 10.9. The van der Waals surface area contributed by atoms with Gasteiger partial charge in [0, 0.05) is 24.2 Å². The number of fused-ring (bicyclic) bond motifs is 1. The average molecular weight is 422 g/mol. The van der Waals surface area contributed by atoms with Crippen molar-refractivity contribution < 1.29 is 9.90 Å². The second kappa shape index (κ2) is 8.27. The lowest BCUT2D eigenvalue weighted by atomic mass is 10.1. The van der Waals surface area contributed by atoms with Crippen molar-refractivity contribution in [1.29, 1.82) is 0 Å². The molecule has 0 saturated carbocycles. The molecule has 0 bridgehead atoms. The Kier molecular flexibility index (Phi) is 5.01. The third kappa shape index (κ3) is 3.77. The minimum atomic E-state index is -0.410. The lowest BCUT2D eigenvalue weighted by Crippen LogP contribution is -2.14. The molecule has 1 aromatic carbocycles. The molecule has 4 heterocycles. The summed E-state index contributed by atoms with van der Waals surface area (Å²) in [6, 6.07) is 18.2. The van der Waals surface area contributed by atoms with Gasteiger partial charge >= 0.3 is 0 Å². The highest BCUT2D eigenvalue weighted by Crippen LogP contribution is 2.27. The highest BCUT2D eigenvalue weighted by molar-refractivity contribution is 6.12. The number of nitrogens with zero attached hydrogens (tertiary/aromatic N) is 5. The zero-order valence-electron chi connectivity index (χ0n) is 16.9. The van der Waals surface area contributed by atoms with Crippen molar-refractivity contribution in [2.24, 2.45) is 0 Å². The third-order valence-electron chi connectivity index (χ3n) is 5.02. The van der Waals surface area contributed by atoms with Gasteiger partial charge in [0.05, 0.1) is 29.4 Å². The highest BCUT2D eigenvalue weighted by atomic mass is 16.3. The van der Waals surface area contributed by atoms with Gasteiger partial charge in [-0.2, -0.15) is 5.10 Å². The van der Waals surface area contributed by atoms with Gasteiger partial charge in [-0.1, -0.05) is 30.3 Å². The molecule has 0 spiro atoms. The van der Waals surface area contributed by atoms with Crippen LogP contribution in [-0.4, -0.2) is 35.7 Å². The van der Waals surface area contributed by atoms with Crippen LogP contribution in [0.3, 0.4) is 0 Å². The number of amides is 1. The van der Waals surface area contributed by atoms with Crippen LogP contribution in [0.1, 0.15) is 15.9 Å². The third-order valence-corrected chi connectivity index (χ3v) is 5.02. The standard InChI is InChI=1S/C24H18N6O2/c31-21-7-4-10-26-22(21)29-24(32)18-13-20(17-5-2-1-3-6-17)28-23-19(18)14-27-30(23)15-16-8-11-25-12-9-16/h1-14,31H,15H2,(H,26,29,32). The van der Waals surface area contributed by atoms with E-state index in [-0.39, 0.29) is 11.6 Å². The van der Waals surface area contributed by atoms with E-state index in [1.54, 1.807) is 35.4 Å². The zero-order chi connectivity index (χ0) is 21.9. The fraction of sp³-hybridized carbons (Fsp3) is 0.0417. The van der Waals surface area contributed by atoms with E-state index in [1.165, 1.54) is 12.3 Å². The first-order valence-corrected chi connectivity index (χ1v) is 9.95. The first-order chi connectivity index (χ1) is 15.7. The maximum absolute atomic E-state index is 13.2. The molecule has 0 saturated heterocycles. The fourth-order valence-corrected chi connectivity index (χ4v) is 3.44. The van der Waals surface area contributed by atoms with Gasteiger partial charge < -0.3 is 10.4 Å². The topological polar surface area (TPSA) is 106 Å². The predicted octanol–water partition coefficient (Wildman–Crippen LogP) is 3.89. The molecule has 32 heavy (non-hydrogen) atoms. The lowest BCUT2D eigenvalue weighted by Gasteiger charge is -2.10. The summed E-state index contributed by atoms with van der Waals surface area (Å²) in [6.45, 7) is 0.485.